The fourth-order valence-electron chi connectivity index (χ4n) is 3.08. The van der Waals surface area contributed by atoms with Crippen molar-refractivity contribution in [2.24, 2.45) is 11.8 Å². The predicted molar refractivity (Wildman–Crippen MR) is 83.4 cm³/mol. The van der Waals surface area contributed by atoms with Crippen molar-refractivity contribution in [1.82, 2.24) is 4.31 Å². The molecule has 0 unspecified atom stereocenters. The zero-order valence-electron chi connectivity index (χ0n) is 13.7. The lowest BCUT2D eigenvalue weighted by Gasteiger charge is -2.30. The first-order chi connectivity index (χ1) is 11.2. The van der Waals surface area contributed by atoms with E-state index in [1.807, 2.05) is 0 Å². The Labute approximate surface area is 140 Å². The van der Waals surface area contributed by atoms with E-state index in [0.717, 1.165) is 36.9 Å². The van der Waals surface area contributed by atoms with E-state index >= 15 is 0 Å². The van der Waals surface area contributed by atoms with Crippen LogP contribution in [0.2, 0.25) is 0 Å². The zero-order valence-corrected chi connectivity index (χ0v) is 14.5. The fraction of sp³-hybridized carbons (Fsp3) is 0.625. The van der Waals surface area contributed by atoms with Crippen molar-refractivity contribution in [1.29, 1.82) is 0 Å². The van der Waals surface area contributed by atoms with Crippen molar-refractivity contribution in [2.45, 2.75) is 37.5 Å². The minimum Gasteiger partial charge on any atom is -0.396 e. The van der Waals surface area contributed by atoms with Gasteiger partial charge in [-0.2, -0.15) is 0 Å². The average molecular weight is 365 g/mol. The number of rotatable bonds is 5. The highest BCUT2D eigenvalue weighted by atomic mass is 32.2. The summed E-state index contributed by atoms with van der Waals surface area (Å²) in [4.78, 5) is -0.977. The molecular formula is C16H22F3NO3S. The Bertz CT molecular complexity index is 701. The summed E-state index contributed by atoms with van der Waals surface area (Å²) in [5.74, 6) is -3.81. The summed E-state index contributed by atoms with van der Waals surface area (Å²) in [6.45, 7) is 1.32. The van der Waals surface area contributed by atoms with E-state index in [-0.39, 0.29) is 25.0 Å². The molecule has 24 heavy (non-hydrogen) atoms. The SMILES string of the molecule is Cc1c(F)cc(S(=O)(=O)N(C)CC2CCC(CO)CC2)c(F)c1F. The molecule has 0 radical (unpaired) electrons. The molecule has 1 aliphatic carbocycles. The van der Waals surface area contributed by atoms with Crippen LogP contribution in [0.3, 0.4) is 0 Å². The largest absolute Gasteiger partial charge is 0.396 e. The van der Waals surface area contributed by atoms with Gasteiger partial charge in [0.15, 0.2) is 11.6 Å². The number of nitrogens with zero attached hydrogens (tertiary/aromatic N) is 1. The van der Waals surface area contributed by atoms with Crippen LogP contribution in [0.15, 0.2) is 11.0 Å². The summed E-state index contributed by atoms with van der Waals surface area (Å²) in [6, 6.07) is 0.530. The zero-order chi connectivity index (χ0) is 18.1. The van der Waals surface area contributed by atoms with Crippen molar-refractivity contribution in [3.8, 4) is 0 Å². The molecule has 0 spiro atoms. The van der Waals surface area contributed by atoms with Gasteiger partial charge >= 0.3 is 0 Å². The van der Waals surface area contributed by atoms with E-state index in [1.165, 1.54) is 7.05 Å². The molecule has 1 aromatic carbocycles. The summed E-state index contributed by atoms with van der Waals surface area (Å²) in [5, 5.41) is 9.12. The lowest BCUT2D eigenvalue weighted by molar-refractivity contribution is 0.160. The molecule has 1 aromatic rings. The molecule has 0 bridgehead atoms. The summed E-state index contributed by atoms with van der Waals surface area (Å²) in [6.07, 6.45) is 3.11. The maximum absolute atomic E-state index is 14.0. The topological polar surface area (TPSA) is 57.6 Å². The van der Waals surface area contributed by atoms with Crippen LogP contribution >= 0.6 is 0 Å². The number of hydrogen-bond acceptors (Lipinski definition) is 3. The van der Waals surface area contributed by atoms with Crippen LogP contribution in [0.5, 0.6) is 0 Å². The molecule has 0 saturated heterocycles. The number of halogens is 3. The van der Waals surface area contributed by atoms with Gasteiger partial charge in [-0.05, 0) is 50.5 Å². The number of benzene rings is 1. The van der Waals surface area contributed by atoms with Crippen LogP contribution in [0, 0.1) is 36.2 Å². The van der Waals surface area contributed by atoms with Gasteiger partial charge < -0.3 is 5.11 Å². The Kier molecular flexibility index (Phi) is 5.93. The molecule has 0 atom stereocenters. The minimum absolute atomic E-state index is 0.0794. The van der Waals surface area contributed by atoms with Gasteiger partial charge in [-0.25, -0.2) is 25.9 Å². The molecule has 2 rings (SSSR count). The Morgan fingerprint density at radius 3 is 2.21 bits per heavy atom. The number of sulfonamides is 1. The molecule has 1 aliphatic rings. The average Bonchev–Trinajstić information content (AvgIpc) is 2.56. The highest BCUT2D eigenvalue weighted by Crippen LogP contribution is 2.31. The van der Waals surface area contributed by atoms with Crippen molar-refractivity contribution in [3.63, 3.8) is 0 Å². The van der Waals surface area contributed by atoms with Gasteiger partial charge in [0, 0.05) is 25.8 Å². The third-order valence-corrected chi connectivity index (χ3v) is 6.60. The molecule has 1 N–H and O–H groups in total. The van der Waals surface area contributed by atoms with E-state index in [9.17, 15) is 21.6 Å². The molecule has 0 aliphatic heterocycles. The molecule has 0 heterocycles. The van der Waals surface area contributed by atoms with Crippen molar-refractivity contribution in [3.05, 3.63) is 29.1 Å². The normalized spacial score (nSPS) is 22.1. The van der Waals surface area contributed by atoms with E-state index in [1.54, 1.807) is 0 Å². The van der Waals surface area contributed by atoms with Crippen LogP contribution in [0.1, 0.15) is 31.2 Å². The maximum Gasteiger partial charge on any atom is 0.245 e. The van der Waals surface area contributed by atoms with E-state index < -0.39 is 37.9 Å². The Balaban J connectivity index is 2.19. The summed E-state index contributed by atoms with van der Waals surface area (Å²) < 4.78 is 67.2. The first kappa shape index (κ1) is 19.2. The summed E-state index contributed by atoms with van der Waals surface area (Å²) >= 11 is 0. The molecule has 0 amide bonds. The van der Waals surface area contributed by atoms with E-state index in [0.29, 0.717) is 6.07 Å². The van der Waals surface area contributed by atoms with Gasteiger partial charge in [-0.1, -0.05) is 0 Å². The van der Waals surface area contributed by atoms with Crippen LogP contribution < -0.4 is 0 Å². The second kappa shape index (κ2) is 7.41. The molecule has 136 valence electrons. The van der Waals surface area contributed by atoms with Crippen LogP contribution in [-0.4, -0.2) is 38.0 Å². The van der Waals surface area contributed by atoms with Gasteiger partial charge in [-0.3, -0.25) is 0 Å². The molecule has 0 aromatic heterocycles. The van der Waals surface area contributed by atoms with Crippen LogP contribution in [0.25, 0.3) is 0 Å². The van der Waals surface area contributed by atoms with Gasteiger partial charge in [0.05, 0.1) is 0 Å². The monoisotopic (exact) mass is 365 g/mol. The quantitative estimate of drug-likeness (QED) is 0.817. The highest BCUT2D eigenvalue weighted by Gasteiger charge is 2.31. The Hall–Kier alpha value is -1.12. The van der Waals surface area contributed by atoms with Gasteiger partial charge in [0.2, 0.25) is 10.0 Å². The number of aliphatic hydroxyl groups excluding tert-OH is 1. The lowest BCUT2D eigenvalue weighted by Crippen LogP contribution is -2.34. The first-order valence-corrected chi connectivity index (χ1v) is 9.33. The first-order valence-electron chi connectivity index (χ1n) is 7.89. The van der Waals surface area contributed by atoms with E-state index in [2.05, 4.69) is 0 Å². The number of aliphatic hydroxyl groups is 1. The third kappa shape index (κ3) is 3.75. The molecule has 1 fully saturated rings. The van der Waals surface area contributed by atoms with E-state index in [4.69, 9.17) is 5.11 Å². The fourth-order valence-corrected chi connectivity index (χ4v) is 4.39. The highest BCUT2D eigenvalue weighted by molar-refractivity contribution is 7.89. The summed E-state index contributed by atoms with van der Waals surface area (Å²) in [5.41, 5.74) is -0.545. The molecule has 8 heteroatoms. The molecule has 4 nitrogen and oxygen atoms in total. The lowest BCUT2D eigenvalue weighted by atomic mass is 9.82. The van der Waals surface area contributed by atoms with Gasteiger partial charge in [-0.15, -0.1) is 0 Å². The summed E-state index contributed by atoms with van der Waals surface area (Å²) in [7, 11) is -3.04. The molecular weight excluding hydrogens is 343 g/mol. The van der Waals surface area contributed by atoms with Crippen molar-refractivity contribution >= 4 is 10.0 Å². The Morgan fingerprint density at radius 2 is 1.67 bits per heavy atom. The second-order valence-corrected chi connectivity index (χ2v) is 8.48. The van der Waals surface area contributed by atoms with Crippen LogP contribution in [0.4, 0.5) is 13.2 Å². The van der Waals surface area contributed by atoms with Gasteiger partial charge in [0.1, 0.15) is 10.7 Å². The molecule has 1 saturated carbocycles. The van der Waals surface area contributed by atoms with Crippen molar-refractivity contribution in [2.75, 3.05) is 20.2 Å². The van der Waals surface area contributed by atoms with Crippen LogP contribution in [-0.2, 0) is 10.0 Å². The smallest absolute Gasteiger partial charge is 0.245 e. The minimum atomic E-state index is -4.32. The predicted octanol–water partition coefficient (Wildman–Crippen LogP) is 2.83. The standard InChI is InChI=1S/C16H22F3NO3S/c1-10-13(17)7-14(16(19)15(10)18)24(22,23)20(2)8-11-3-5-12(9-21)6-4-11/h7,11-12,21H,3-6,8-9H2,1-2H3. The number of hydrogen-bond donors (Lipinski definition) is 1. The Morgan fingerprint density at radius 1 is 1.12 bits per heavy atom. The van der Waals surface area contributed by atoms with Crippen molar-refractivity contribution < 1.29 is 26.7 Å². The maximum atomic E-state index is 14.0. The van der Waals surface area contributed by atoms with Gasteiger partial charge in [0.25, 0.3) is 0 Å². The third-order valence-electron chi connectivity index (χ3n) is 4.78. The second-order valence-electron chi connectivity index (χ2n) is 6.46.